The van der Waals surface area contributed by atoms with Gasteiger partial charge in [0, 0.05) is 0 Å². The van der Waals surface area contributed by atoms with E-state index < -0.39 is 0 Å². The molecule has 2 rings (SSSR count). The Balaban J connectivity index is 2.53. The van der Waals surface area contributed by atoms with Crippen molar-refractivity contribution in [2.45, 2.75) is 6.92 Å². The van der Waals surface area contributed by atoms with Crippen molar-refractivity contribution < 1.29 is 9.53 Å². The fraction of sp³-hybridized carbons (Fsp3) is 0.222. The lowest BCUT2D eigenvalue weighted by Gasteiger charge is -2.19. The first-order chi connectivity index (χ1) is 6.16. The quantitative estimate of drug-likeness (QED) is 0.691. The summed E-state index contributed by atoms with van der Waals surface area (Å²) in [4.78, 5) is 11.0. The van der Waals surface area contributed by atoms with Crippen molar-refractivity contribution >= 4 is 23.2 Å². The van der Waals surface area contributed by atoms with Crippen LogP contribution in [0, 0.1) is 6.92 Å². The molecule has 0 saturated heterocycles. The number of fused-ring (bicyclic) bond motifs is 1. The number of anilines is 1. The van der Waals surface area contributed by atoms with Crippen molar-refractivity contribution in [2.75, 3.05) is 11.9 Å². The molecule has 4 heteroatoms. The van der Waals surface area contributed by atoms with Crippen LogP contribution in [0.15, 0.2) is 12.1 Å². The Bertz CT molecular complexity index is 376. The van der Waals surface area contributed by atoms with Crippen LogP contribution < -0.4 is 10.1 Å². The first kappa shape index (κ1) is 8.38. The van der Waals surface area contributed by atoms with E-state index in [0.717, 1.165) is 5.56 Å². The van der Waals surface area contributed by atoms with E-state index in [9.17, 15) is 4.79 Å². The SMILES string of the molecule is Cc1cc(Cl)c2c(c1)OCC(=O)N2. The zero-order valence-corrected chi connectivity index (χ0v) is 7.81. The van der Waals surface area contributed by atoms with Crippen molar-refractivity contribution in [1.82, 2.24) is 0 Å². The number of benzene rings is 1. The number of amides is 1. The van der Waals surface area contributed by atoms with Crippen LogP contribution >= 0.6 is 11.6 Å². The summed E-state index contributed by atoms with van der Waals surface area (Å²) < 4.78 is 5.20. The Morgan fingerprint density at radius 3 is 3.08 bits per heavy atom. The Labute approximate surface area is 80.6 Å². The van der Waals surface area contributed by atoms with Gasteiger partial charge in [0.05, 0.1) is 5.02 Å². The van der Waals surface area contributed by atoms with Crippen LogP contribution in [-0.2, 0) is 4.79 Å². The van der Waals surface area contributed by atoms with Gasteiger partial charge in [-0.05, 0) is 24.6 Å². The predicted molar refractivity (Wildman–Crippen MR) is 50.3 cm³/mol. The van der Waals surface area contributed by atoms with E-state index in [4.69, 9.17) is 16.3 Å². The molecular formula is C9H8ClNO2. The zero-order chi connectivity index (χ0) is 9.42. The molecule has 0 saturated carbocycles. The molecule has 0 bridgehead atoms. The van der Waals surface area contributed by atoms with Gasteiger partial charge in [-0.15, -0.1) is 0 Å². The van der Waals surface area contributed by atoms with Crippen LogP contribution in [-0.4, -0.2) is 12.5 Å². The Morgan fingerprint density at radius 2 is 2.31 bits per heavy atom. The van der Waals surface area contributed by atoms with Crippen LogP contribution in [0.5, 0.6) is 5.75 Å². The van der Waals surface area contributed by atoms with Gasteiger partial charge in [-0.25, -0.2) is 0 Å². The van der Waals surface area contributed by atoms with E-state index in [2.05, 4.69) is 5.32 Å². The van der Waals surface area contributed by atoms with Crippen LogP contribution in [0.2, 0.25) is 5.02 Å². The fourth-order valence-electron chi connectivity index (χ4n) is 1.26. The average molecular weight is 198 g/mol. The molecule has 0 unspecified atom stereocenters. The highest BCUT2D eigenvalue weighted by Crippen LogP contribution is 2.35. The van der Waals surface area contributed by atoms with Crippen molar-refractivity contribution in [3.8, 4) is 5.75 Å². The lowest BCUT2D eigenvalue weighted by Crippen LogP contribution is -2.25. The van der Waals surface area contributed by atoms with Gasteiger partial charge in [-0.3, -0.25) is 4.79 Å². The lowest BCUT2D eigenvalue weighted by atomic mass is 10.2. The van der Waals surface area contributed by atoms with E-state index >= 15 is 0 Å². The average Bonchev–Trinajstić information content (AvgIpc) is 2.06. The first-order valence-electron chi connectivity index (χ1n) is 3.89. The second-order valence-electron chi connectivity index (χ2n) is 2.96. The molecule has 1 aliphatic heterocycles. The van der Waals surface area contributed by atoms with Crippen LogP contribution in [0.4, 0.5) is 5.69 Å². The van der Waals surface area contributed by atoms with E-state index in [1.165, 1.54) is 0 Å². The van der Waals surface area contributed by atoms with Crippen molar-refractivity contribution in [3.05, 3.63) is 22.7 Å². The highest BCUT2D eigenvalue weighted by Gasteiger charge is 2.18. The highest BCUT2D eigenvalue weighted by atomic mass is 35.5. The molecule has 0 fully saturated rings. The molecule has 1 aromatic carbocycles. The number of carbonyl (C=O) groups excluding carboxylic acids is 1. The summed E-state index contributed by atoms with van der Waals surface area (Å²) in [5.74, 6) is 0.475. The minimum Gasteiger partial charge on any atom is -0.482 e. The lowest BCUT2D eigenvalue weighted by molar-refractivity contribution is -0.118. The second-order valence-corrected chi connectivity index (χ2v) is 3.36. The third-order valence-corrected chi connectivity index (χ3v) is 2.12. The summed E-state index contributed by atoms with van der Waals surface area (Å²) in [6, 6.07) is 3.63. The molecule has 1 aliphatic rings. The normalized spacial score (nSPS) is 14.5. The zero-order valence-electron chi connectivity index (χ0n) is 7.06. The summed E-state index contributed by atoms with van der Waals surface area (Å²) in [5.41, 5.74) is 1.59. The number of hydrogen-bond donors (Lipinski definition) is 1. The summed E-state index contributed by atoms with van der Waals surface area (Å²) in [6.07, 6.45) is 0. The molecule has 68 valence electrons. The van der Waals surface area contributed by atoms with Gasteiger partial charge in [-0.1, -0.05) is 11.6 Å². The number of aryl methyl sites for hydroxylation is 1. The van der Waals surface area contributed by atoms with Gasteiger partial charge in [0.25, 0.3) is 5.91 Å². The third-order valence-electron chi connectivity index (χ3n) is 1.82. The molecular weight excluding hydrogens is 190 g/mol. The number of hydrogen-bond acceptors (Lipinski definition) is 2. The van der Waals surface area contributed by atoms with Crippen molar-refractivity contribution in [2.24, 2.45) is 0 Å². The predicted octanol–water partition coefficient (Wildman–Crippen LogP) is 1.98. The first-order valence-corrected chi connectivity index (χ1v) is 4.27. The molecule has 0 atom stereocenters. The minimum absolute atomic E-state index is 0.0623. The summed E-state index contributed by atoms with van der Waals surface area (Å²) in [5, 5.41) is 3.18. The van der Waals surface area contributed by atoms with Gasteiger partial charge in [0.2, 0.25) is 0 Å². The molecule has 0 aromatic heterocycles. The third kappa shape index (κ3) is 1.47. The summed E-state index contributed by atoms with van der Waals surface area (Å²) in [7, 11) is 0. The molecule has 1 N–H and O–H groups in total. The molecule has 0 radical (unpaired) electrons. The van der Waals surface area contributed by atoms with E-state index in [1.54, 1.807) is 6.07 Å². The maximum absolute atomic E-state index is 11.0. The molecule has 1 heterocycles. The van der Waals surface area contributed by atoms with Gasteiger partial charge >= 0.3 is 0 Å². The maximum Gasteiger partial charge on any atom is 0.262 e. The second kappa shape index (κ2) is 2.92. The smallest absolute Gasteiger partial charge is 0.262 e. The van der Waals surface area contributed by atoms with Gasteiger partial charge < -0.3 is 10.1 Å². The number of nitrogens with one attached hydrogen (secondary N) is 1. The van der Waals surface area contributed by atoms with Gasteiger partial charge in [0.1, 0.15) is 11.4 Å². The molecule has 0 spiro atoms. The topological polar surface area (TPSA) is 38.3 Å². The number of halogens is 1. The number of carbonyl (C=O) groups is 1. The maximum atomic E-state index is 11.0. The number of ether oxygens (including phenoxy) is 1. The van der Waals surface area contributed by atoms with Crippen molar-refractivity contribution in [1.29, 1.82) is 0 Å². The molecule has 1 amide bonds. The van der Waals surface area contributed by atoms with Crippen LogP contribution in [0.25, 0.3) is 0 Å². The van der Waals surface area contributed by atoms with Crippen LogP contribution in [0.3, 0.4) is 0 Å². The van der Waals surface area contributed by atoms with E-state index in [1.807, 2.05) is 13.0 Å². The highest BCUT2D eigenvalue weighted by molar-refractivity contribution is 6.34. The van der Waals surface area contributed by atoms with Gasteiger partial charge in [0.15, 0.2) is 6.61 Å². The van der Waals surface area contributed by atoms with E-state index in [-0.39, 0.29) is 12.5 Å². The Hall–Kier alpha value is -1.22. The van der Waals surface area contributed by atoms with Crippen LogP contribution in [0.1, 0.15) is 5.56 Å². The molecule has 3 nitrogen and oxygen atoms in total. The number of rotatable bonds is 0. The standard InChI is InChI=1S/C9H8ClNO2/c1-5-2-6(10)9-7(3-5)13-4-8(12)11-9/h2-3H,4H2,1H3,(H,11,12). The summed E-state index contributed by atoms with van der Waals surface area (Å²) in [6.45, 7) is 1.98. The fourth-order valence-corrected chi connectivity index (χ4v) is 1.58. The van der Waals surface area contributed by atoms with Gasteiger partial charge in [-0.2, -0.15) is 0 Å². The molecule has 13 heavy (non-hydrogen) atoms. The minimum atomic E-state index is -0.168. The van der Waals surface area contributed by atoms with E-state index in [0.29, 0.717) is 16.5 Å². The molecule has 1 aromatic rings. The Morgan fingerprint density at radius 1 is 1.54 bits per heavy atom. The monoisotopic (exact) mass is 197 g/mol. The summed E-state index contributed by atoms with van der Waals surface area (Å²) >= 11 is 5.92. The molecule has 0 aliphatic carbocycles. The largest absolute Gasteiger partial charge is 0.482 e. The Kier molecular flexibility index (Phi) is 1.88. The van der Waals surface area contributed by atoms with Crippen molar-refractivity contribution in [3.63, 3.8) is 0 Å².